The van der Waals surface area contributed by atoms with Gasteiger partial charge in [-0.2, -0.15) is 0 Å². The van der Waals surface area contributed by atoms with Crippen molar-refractivity contribution >= 4 is 17.5 Å². The summed E-state index contributed by atoms with van der Waals surface area (Å²) in [5.74, 6) is 0.455. The van der Waals surface area contributed by atoms with Crippen LogP contribution in [-0.2, 0) is 11.4 Å². The summed E-state index contributed by atoms with van der Waals surface area (Å²) < 4.78 is 5.48. The topological polar surface area (TPSA) is 58.6 Å². The molecule has 0 unspecified atom stereocenters. The maximum absolute atomic E-state index is 11.4. The van der Waals surface area contributed by atoms with Crippen LogP contribution in [0.5, 0.6) is 5.75 Å². The molecule has 0 aromatic heterocycles. The number of aliphatic hydroxyl groups is 1. The fourth-order valence-corrected chi connectivity index (χ4v) is 1.86. The molecule has 0 spiro atoms. The number of para-hydroxylation sites is 1. The average Bonchev–Trinajstić information content (AvgIpc) is 3.15. The number of benzene rings is 1. The zero-order valence-electron chi connectivity index (χ0n) is 9.99. The highest BCUT2D eigenvalue weighted by Gasteiger charge is 2.22. The van der Waals surface area contributed by atoms with Crippen molar-refractivity contribution in [1.82, 2.24) is 5.32 Å². The standard InChI is InChI=1S/C13H16ClNO3/c14-11-3-1-2-9(8-16)13(11)18-7-6-12(17)15-10-4-5-10/h1-3,10,16H,4-8H2,(H,15,17). The SMILES string of the molecule is O=C(CCOc1c(Cl)cccc1CO)NC1CC1. The molecule has 2 rings (SSSR count). The number of rotatable bonds is 6. The summed E-state index contributed by atoms with van der Waals surface area (Å²) in [5.41, 5.74) is 0.630. The molecular formula is C13H16ClNO3. The number of hydrogen-bond donors (Lipinski definition) is 2. The number of nitrogens with one attached hydrogen (secondary N) is 1. The number of carbonyl (C=O) groups is 1. The van der Waals surface area contributed by atoms with E-state index in [0.29, 0.717) is 28.8 Å². The molecule has 1 amide bonds. The summed E-state index contributed by atoms with van der Waals surface area (Å²) in [4.78, 5) is 11.4. The van der Waals surface area contributed by atoms with E-state index in [1.807, 2.05) is 0 Å². The second-order valence-corrected chi connectivity index (χ2v) is 4.73. The van der Waals surface area contributed by atoms with Crippen LogP contribution < -0.4 is 10.1 Å². The van der Waals surface area contributed by atoms with Crippen molar-refractivity contribution in [3.63, 3.8) is 0 Å². The molecule has 2 N–H and O–H groups in total. The van der Waals surface area contributed by atoms with Crippen LogP contribution in [0.25, 0.3) is 0 Å². The molecule has 5 heteroatoms. The minimum Gasteiger partial charge on any atom is -0.491 e. The quantitative estimate of drug-likeness (QED) is 0.829. The lowest BCUT2D eigenvalue weighted by atomic mass is 10.2. The van der Waals surface area contributed by atoms with Gasteiger partial charge in [0, 0.05) is 11.6 Å². The Bertz CT molecular complexity index is 432. The van der Waals surface area contributed by atoms with Gasteiger partial charge in [-0.05, 0) is 18.9 Å². The summed E-state index contributed by atoms with van der Waals surface area (Å²) in [6.45, 7) is 0.124. The highest BCUT2D eigenvalue weighted by atomic mass is 35.5. The van der Waals surface area contributed by atoms with Crippen molar-refractivity contribution in [2.24, 2.45) is 0 Å². The smallest absolute Gasteiger partial charge is 0.223 e. The lowest BCUT2D eigenvalue weighted by Crippen LogP contribution is -2.26. The highest BCUT2D eigenvalue weighted by Crippen LogP contribution is 2.28. The van der Waals surface area contributed by atoms with Gasteiger partial charge in [-0.3, -0.25) is 4.79 Å². The van der Waals surface area contributed by atoms with Gasteiger partial charge in [0.05, 0.1) is 24.7 Å². The maximum atomic E-state index is 11.4. The van der Waals surface area contributed by atoms with Gasteiger partial charge in [0.15, 0.2) is 0 Å². The normalized spacial score (nSPS) is 14.3. The van der Waals surface area contributed by atoms with Crippen LogP contribution >= 0.6 is 11.6 Å². The summed E-state index contributed by atoms with van der Waals surface area (Å²) in [7, 11) is 0. The Balaban J connectivity index is 1.83. The Kier molecular flexibility index (Phi) is 4.44. The summed E-state index contributed by atoms with van der Waals surface area (Å²) >= 11 is 5.98. The molecule has 1 aliphatic carbocycles. The van der Waals surface area contributed by atoms with Crippen LogP contribution in [0.15, 0.2) is 18.2 Å². The van der Waals surface area contributed by atoms with Crippen LogP contribution in [0.1, 0.15) is 24.8 Å². The molecule has 0 saturated heterocycles. The Morgan fingerprint density at radius 3 is 2.94 bits per heavy atom. The van der Waals surface area contributed by atoms with Crippen molar-refractivity contribution in [2.45, 2.75) is 31.9 Å². The first-order valence-corrected chi connectivity index (χ1v) is 6.39. The van der Waals surface area contributed by atoms with Crippen molar-refractivity contribution in [3.05, 3.63) is 28.8 Å². The summed E-state index contributed by atoms with van der Waals surface area (Å²) in [6, 6.07) is 5.55. The number of carbonyl (C=O) groups excluding carboxylic acids is 1. The molecule has 0 radical (unpaired) electrons. The van der Waals surface area contributed by atoms with Crippen molar-refractivity contribution in [1.29, 1.82) is 0 Å². The molecule has 4 nitrogen and oxygen atoms in total. The molecule has 0 atom stereocenters. The van der Waals surface area contributed by atoms with E-state index in [-0.39, 0.29) is 19.1 Å². The van der Waals surface area contributed by atoms with E-state index in [0.717, 1.165) is 12.8 Å². The lowest BCUT2D eigenvalue weighted by molar-refractivity contribution is -0.121. The van der Waals surface area contributed by atoms with Gasteiger partial charge >= 0.3 is 0 Å². The summed E-state index contributed by atoms with van der Waals surface area (Å²) in [5, 5.41) is 12.5. The highest BCUT2D eigenvalue weighted by molar-refractivity contribution is 6.32. The molecule has 0 heterocycles. The van der Waals surface area contributed by atoms with Crippen molar-refractivity contribution < 1.29 is 14.6 Å². The van der Waals surface area contributed by atoms with Gasteiger partial charge in [0.1, 0.15) is 5.75 Å². The van der Waals surface area contributed by atoms with Gasteiger partial charge in [0.2, 0.25) is 5.91 Å². The fourth-order valence-electron chi connectivity index (χ4n) is 1.61. The van der Waals surface area contributed by atoms with Crippen LogP contribution in [0.3, 0.4) is 0 Å². The number of amides is 1. The molecule has 1 fully saturated rings. The second-order valence-electron chi connectivity index (χ2n) is 4.33. The summed E-state index contributed by atoms with van der Waals surface area (Å²) in [6.07, 6.45) is 2.45. The first-order valence-electron chi connectivity index (χ1n) is 6.01. The van der Waals surface area contributed by atoms with Gasteiger partial charge < -0.3 is 15.2 Å². The van der Waals surface area contributed by atoms with Crippen LogP contribution in [-0.4, -0.2) is 23.7 Å². The van der Waals surface area contributed by atoms with Crippen molar-refractivity contribution in [3.8, 4) is 5.75 Å². The molecular weight excluding hydrogens is 254 g/mol. The Morgan fingerprint density at radius 1 is 1.50 bits per heavy atom. The molecule has 98 valence electrons. The Morgan fingerprint density at radius 2 is 2.28 bits per heavy atom. The van der Waals surface area contributed by atoms with Crippen LogP contribution in [0.4, 0.5) is 0 Å². The van der Waals surface area contributed by atoms with Crippen LogP contribution in [0, 0.1) is 0 Å². The Labute approximate surface area is 111 Å². The average molecular weight is 270 g/mol. The van der Waals surface area contributed by atoms with E-state index >= 15 is 0 Å². The van der Waals surface area contributed by atoms with Gasteiger partial charge in [-0.25, -0.2) is 0 Å². The van der Waals surface area contributed by atoms with Crippen LogP contribution in [0.2, 0.25) is 5.02 Å². The van der Waals surface area contributed by atoms with E-state index < -0.39 is 0 Å². The molecule has 0 aliphatic heterocycles. The maximum Gasteiger partial charge on any atom is 0.223 e. The number of halogens is 1. The van der Waals surface area contributed by atoms with E-state index in [2.05, 4.69) is 5.32 Å². The van der Waals surface area contributed by atoms with Crippen molar-refractivity contribution in [2.75, 3.05) is 6.61 Å². The second kappa shape index (κ2) is 6.07. The third-order valence-corrected chi connectivity index (χ3v) is 3.03. The van der Waals surface area contributed by atoms with Gasteiger partial charge in [0.25, 0.3) is 0 Å². The van der Waals surface area contributed by atoms with Gasteiger partial charge in [-0.1, -0.05) is 23.7 Å². The number of ether oxygens (including phenoxy) is 1. The zero-order valence-corrected chi connectivity index (χ0v) is 10.7. The lowest BCUT2D eigenvalue weighted by Gasteiger charge is -2.11. The predicted molar refractivity (Wildman–Crippen MR) is 68.7 cm³/mol. The predicted octanol–water partition coefficient (Wildman–Crippen LogP) is 1.88. The van der Waals surface area contributed by atoms with E-state index in [9.17, 15) is 4.79 Å². The van der Waals surface area contributed by atoms with Gasteiger partial charge in [-0.15, -0.1) is 0 Å². The molecule has 1 saturated carbocycles. The monoisotopic (exact) mass is 269 g/mol. The first kappa shape index (κ1) is 13.2. The molecule has 18 heavy (non-hydrogen) atoms. The van der Waals surface area contributed by atoms with E-state index in [1.54, 1.807) is 18.2 Å². The molecule has 0 bridgehead atoms. The van der Waals surface area contributed by atoms with E-state index in [1.165, 1.54) is 0 Å². The molecule has 1 aromatic rings. The third-order valence-electron chi connectivity index (χ3n) is 2.74. The Hall–Kier alpha value is -1.26. The third kappa shape index (κ3) is 3.62. The minimum absolute atomic E-state index is 0.00454. The number of aliphatic hydroxyl groups excluding tert-OH is 1. The first-order chi connectivity index (χ1) is 8.70. The largest absolute Gasteiger partial charge is 0.491 e. The number of hydrogen-bond acceptors (Lipinski definition) is 3. The minimum atomic E-state index is -0.135. The fraction of sp³-hybridized carbons (Fsp3) is 0.462. The molecule has 1 aliphatic rings. The zero-order chi connectivity index (χ0) is 13.0. The molecule has 1 aromatic carbocycles. The van der Waals surface area contributed by atoms with E-state index in [4.69, 9.17) is 21.4 Å².